The molecule has 0 aliphatic heterocycles. The van der Waals surface area contributed by atoms with Gasteiger partial charge in [0.2, 0.25) is 0 Å². The molecule has 0 saturated heterocycles. The highest BCUT2D eigenvalue weighted by Gasteiger charge is 2.12. The molecule has 140 valence electrons. The molecule has 0 unspecified atom stereocenters. The van der Waals surface area contributed by atoms with Crippen molar-refractivity contribution in [2.75, 3.05) is 0 Å². The number of benzene rings is 1. The van der Waals surface area contributed by atoms with Crippen LogP contribution in [-0.4, -0.2) is 36.7 Å². The number of nitrogens with zero attached hydrogens (tertiary/aromatic N) is 5. The number of rotatable bonds is 7. The predicted octanol–water partition coefficient (Wildman–Crippen LogP) is 2.81. The molecule has 0 aliphatic rings. The number of aryl methyl sites for hydroxylation is 2. The van der Waals surface area contributed by atoms with Crippen LogP contribution in [0.25, 0.3) is 11.3 Å². The lowest BCUT2D eigenvalue weighted by molar-refractivity contribution is 0.0936. The molecule has 1 amide bonds. The fraction of sp³-hybridized carbons (Fsp3) is 0.350. The highest BCUT2D eigenvalue weighted by Crippen LogP contribution is 2.23. The van der Waals surface area contributed by atoms with Crippen molar-refractivity contribution < 1.29 is 4.79 Å². The maximum atomic E-state index is 12.5. The summed E-state index contributed by atoms with van der Waals surface area (Å²) in [7, 11) is 0. The van der Waals surface area contributed by atoms with Crippen molar-refractivity contribution in [1.29, 1.82) is 0 Å². The van der Waals surface area contributed by atoms with E-state index in [4.69, 9.17) is 0 Å². The zero-order valence-electron chi connectivity index (χ0n) is 15.9. The monoisotopic (exact) mass is 364 g/mol. The van der Waals surface area contributed by atoms with Gasteiger partial charge in [-0.1, -0.05) is 25.5 Å². The number of aromatic nitrogens is 5. The zero-order chi connectivity index (χ0) is 19.2. The van der Waals surface area contributed by atoms with Gasteiger partial charge in [0.15, 0.2) is 0 Å². The van der Waals surface area contributed by atoms with Crippen molar-refractivity contribution >= 4 is 5.91 Å². The normalized spacial score (nSPS) is 12.0. The van der Waals surface area contributed by atoms with Crippen molar-refractivity contribution in [2.24, 2.45) is 0 Å². The third kappa shape index (κ3) is 4.75. The molecule has 1 atom stereocenters. The molecule has 3 aromatic rings. The lowest BCUT2D eigenvalue weighted by Gasteiger charge is -2.14. The van der Waals surface area contributed by atoms with Gasteiger partial charge in [0.05, 0.1) is 12.2 Å². The molecule has 0 fully saturated rings. The van der Waals surface area contributed by atoms with Crippen molar-refractivity contribution in [3.8, 4) is 11.3 Å². The fourth-order valence-corrected chi connectivity index (χ4v) is 2.94. The smallest absolute Gasteiger partial charge is 0.251 e. The van der Waals surface area contributed by atoms with E-state index in [2.05, 4.69) is 32.3 Å². The first-order chi connectivity index (χ1) is 13.1. The molecular weight excluding hydrogens is 340 g/mol. The van der Waals surface area contributed by atoms with Gasteiger partial charge in [0.25, 0.3) is 5.91 Å². The first kappa shape index (κ1) is 18.7. The maximum absolute atomic E-state index is 12.5. The van der Waals surface area contributed by atoms with Gasteiger partial charge in [-0.05, 0) is 38.0 Å². The zero-order valence-corrected chi connectivity index (χ0v) is 15.9. The minimum atomic E-state index is -0.109. The molecule has 2 aromatic heterocycles. The summed E-state index contributed by atoms with van der Waals surface area (Å²) >= 11 is 0. The van der Waals surface area contributed by atoms with Gasteiger partial charge in [0.1, 0.15) is 18.5 Å². The SMILES string of the molecule is CCCc1cnc(C)nc1-c1ccc(C(=O)N[C@@H](C)Cn2cncn2)cc1. The first-order valence-corrected chi connectivity index (χ1v) is 9.13. The molecule has 0 radical (unpaired) electrons. The molecule has 0 bridgehead atoms. The van der Waals surface area contributed by atoms with Crippen LogP contribution < -0.4 is 5.32 Å². The average molecular weight is 364 g/mol. The summed E-state index contributed by atoms with van der Waals surface area (Å²) in [6, 6.07) is 7.50. The van der Waals surface area contributed by atoms with Crippen LogP contribution in [0.2, 0.25) is 0 Å². The Morgan fingerprint density at radius 3 is 2.70 bits per heavy atom. The number of amides is 1. The number of hydrogen-bond donors (Lipinski definition) is 1. The van der Waals surface area contributed by atoms with Gasteiger partial charge < -0.3 is 5.32 Å². The van der Waals surface area contributed by atoms with Crippen LogP contribution in [0.3, 0.4) is 0 Å². The third-order valence-electron chi connectivity index (χ3n) is 4.23. The van der Waals surface area contributed by atoms with Crippen molar-refractivity contribution in [2.45, 2.75) is 46.2 Å². The van der Waals surface area contributed by atoms with Gasteiger partial charge >= 0.3 is 0 Å². The molecule has 7 heteroatoms. The summed E-state index contributed by atoms with van der Waals surface area (Å²) < 4.78 is 1.70. The fourth-order valence-electron chi connectivity index (χ4n) is 2.94. The Bertz CT molecular complexity index is 889. The van der Waals surface area contributed by atoms with Crippen LogP contribution in [0.15, 0.2) is 43.1 Å². The van der Waals surface area contributed by atoms with E-state index in [1.54, 1.807) is 11.0 Å². The summed E-state index contributed by atoms with van der Waals surface area (Å²) in [4.78, 5) is 25.3. The van der Waals surface area contributed by atoms with Crippen molar-refractivity contribution in [3.63, 3.8) is 0 Å². The van der Waals surface area contributed by atoms with Crippen molar-refractivity contribution in [1.82, 2.24) is 30.0 Å². The lowest BCUT2D eigenvalue weighted by atomic mass is 10.0. The third-order valence-corrected chi connectivity index (χ3v) is 4.23. The standard InChI is InChI=1S/C20H24N6O/c1-4-5-18-10-22-15(3)25-19(18)16-6-8-17(9-7-16)20(27)24-14(2)11-26-13-21-12-23-26/h6-10,12-14H,4-5,11H2,1-3H3,(H,24,27)/t14-/m0/s1. The predicted molar refractivity (Wildman–Crippen MR) is 103 cm³/mol. The maximum Gasteiger partial charge on any atom is 0.251 e. The second-order valence-corrected chi connectivity index (χ2v) is 6.61. The van der Waals surface area contributed by atoms with Gasteiger partial charge in [0, 0.05) is 23.4 Å². The Hall–Kier alpha value is -3.09. The summed E-state index contributed by atoms with van der Waals surface area (Å²) in [5.74, 6) is 0.635. The van der Waals surface area contributed by atoms with Gasteiger partial charge in [-0.3, -0.25) is 9.48 Å². The molecular formula is C20H24N6O. The van der Waals surface area contributed by atoms with Gasteiger partial charge in [-0.2, -0.15) is 5.10 Å². The van der Waals surface area contributed by atoms with E-state index in [0.717, 1.165) is 35.5 Å². The summed E-state index contributed by atoms with van der Waals surface area (Å²) in [5, 5.41) is 7.04. The van der Waals surface area contributed by atoms with Crippen LogP contribution in [-0.2, 0) is 13.0 Å². The van der Waals surface area contributed by atoms with E-state index in [1.165, 1.54) is 6.33 Å². The summed E-state index contributed by atoms with van der Waals surface area (Å²) in [6.45, 7) is 6.54. The minimum Gasteiger partial charge on any atom is -0.348 e. The molecule has 1 aromatic carbocycles. The van der Waals surface area contributed by atoms with Crippen LogP contribution in [0.4, 0.5) is 0 Å². The molecule has 0 spiro atoms. The summed E-state index contributed by atoms with van der Waals surface area (Å²) in [6.07, 6.45) is 6.97. The highest BCUT2D eigenvalue weighted by atomic mass is 16.1. The molecule has 0 aliphatic carbocycles. The topological polar surface area (TPSA) is 85.6 Å². The minimum absolute atomic E-state index is 0.0560. The lowest BCUT2D eigenvalue weighted by Crippen LogP contribution is -2.35. The van der Waals surface area contributed by atoms with E-state index in [1.807, 2.05) is 44.3 Å². The Labute approximate surface area is 158 Å². The first-order valence-electron chi connectivity index (χ1n) is 9.13. The Morgan fingerprint density at radius 2 is 2.04 bits per heavy atom. The second-order valence-electron chi connectivity index (χ2n) is 6.61. The average Bonchev–Trinajstić information content (AvgIpc) is 3.16. The number of carbonyl (C=O) groups excluding carboxylic acids is 1. The summed E-state index contributed by atoms with van der Waals surface area (Å²) in [5.41, 5.74) is 3.68. The van der Waals surface area contributed by atoms with Crippen LogP contribution in [0.5, 0.6) is 0 Å². The molecule has 27 heavy (non-hydrogen) atoms. The Kier molecular flexibility index (Phi) is 5.90. The van der Waals surface area contributed by atoms with E-state index in [-0.39, 0.29) is 11.9 Å². The molecule has 0 saturated carbocycles. The molecule has 3 rings (SSSR count). The van der Waals surface area contributed by atoms with Gasteiger partial charge in [-0.15, -0.1) is 0 Å². The van der Waals surface area contributed by atoms with Gasteiger partial charge in [-0.25, -0.2) is 15.0 Å². The van der Waals surface area contributed by atoms with E-state index in [9.17, 15) is 4.79 Å². The van der Waals surface area contributed by atoms with Crippen molar-refractivity contribution in [3.05, 3.63) is 60.1 Å². The highest BCUT2D eigenvalue weighted by molar-refractivity contribution is 5.94. The van der Waals surface area contributed by atoms with Crippen LogP contribution in [0.1, 0.15) is 42.0 Å². The molecule has 2 heterocycles. The van der Waals surface area contributed by atoms with Crippen LogP contribution >= 0.6 is 0 Å². The Balaban J connectivity index is 1.71. The Morgan fingerprint density at radius 1 is 1.26 bits per heavy atom. The number of nitrogens with one attached hydrogen (secondary N) is 1. The molecule has 1 N–H and O–H groups in total. The second kappa shape index (κ2) is 8.53. The number of carbonyl (C=O) groups is 1. The van der Waals surface area contributed by atoms with E-state index >= 15 is 0 Å². The molecule has 7 nitrogen and oxygen atoms in total. The largest absolute Gasteiger partial charge is 0.348 e. The van der Waals surface area contributed by atoms with E-state index < -0.39 is 0 Å². The quantitative estimate of drug-likeness (QED) is 0.697. The number of hydrogen-bond acceptors (Lipinski definition) is 5. The van der Waals surface area contributed by atoms with E-state index in [0.29, 0.717) is 12.1 Å². The van der Waals surface area contributed by atoms with Crippen LogP contribution in [0, 0.1) is 6.92 Å².